The molecule has 0 aromatic heterocycles. The molecule has 3 aliphatic rings. The van der Waals surface area contributed by atoms with Gasteiger partial charge in [-0.15, -0.1) is 0 Å². The monoisotopic (exact) mass is 499 g/mol. The van der Waals surface area contributed by atoms with Crippen molar-refractivity contribution >= 4 is 46.4 Å². The summed E-state index contributed by atoms with van der Waals surface area (Å²) in [7, 11) is 1.57. The van der Waals surface area contributed by atoms with Gasteiger partial charge in [-0.25, -0.2) is 0 Å². The zero-order valence-corrected chi connectivity index (χ0v) is 20.6. The number of carbonyl (C=O) groups excluding carboxylic acids is 3. The molecule has 1 saturated heterocycles. The van der Waals surface area contributed by atoms with Crippen LogP contribution in [0.2, 0.25) is 0 Å². The molecule has 0 radical (unpaired) electrons. The minimum atomic E-state index is -2.24. The minimum Gasteiger partial charge on any atom is -0.465 e. The number of fused-ring (bicyclic) bond motifs is 5. The standard InChI is InChI=1S/C26H21N5O4S/c1-4-35-20(32)12-31-19-10-9-15(2)11-17(19)25(22(31)33)24(13-27,14-28)21(36)29-26(25)16-7-5-6-8-18(16)30(3)23(26)34/h5-11H,4,12H2,1-3H3,(H,29,36)/t25-,26-/m1/s1. The molecule has 3 heterocycles. The lowest BCUT2D eigenvalue weighted by Crippen LogP contribution is -2.65. The van der Waals surface area contributed by atoms with Gasteiger partial charge >= 0.3 is 5.97 Å². The minimum absolute atomic E-state index is 0.110. The average Bonchev–Trinajstić information content (AvgIpc) is 3.34. The topological polar surface area (TPSA) is 127 Å². The SMILES string of the molecule is CCOC(=O)CN1C(=O)[C@]2(c3cc(C)ccc31)C(C#N)(C#N)C(=S)N[C@]21C(=O)N(C)c2ccccc21. The van der Waals surface area contributed by atoms with Crippen LogP contribution in [0, 0.1) is 35.0 Å². The van der Waals surface area contributed by atoms with Gasteiger partial charge in [0.15, 0.2) is 11.0 Å². The molecule has 1 N–H and O–H groups in total. The second-order valence-electron chi connectivity index (χ2n) is 9.03. The number of nitrogens with zero attached hydrogens (tertiary/aromatic N) is 4. The van der Waals surface area contributed by atoms with Crippen molar-refractivity contribution in [1.29, 1.82) is 10.5 Å². The zero-order valence-electron chi connectivity index (χ0n) is 19.8. The van der Waals surface area contributed by atoms with Crippen LogP contribution in [-0.4, -0.2) is 43.0 Å². The van der Waals surface area contributed by atoms with E-state index >= 15 is 0 Å². The van der Waals surface area contributed by atoms with Gasteiger partial charge in [-0.3, -0.25) is 19.3 Å². The number of aryl methyl sites for hydroxylation is 1. The number of likely N-dealkylation sites (N-methyl/N-ethyl adjacent to an activating group) is 1. The summed E-state index contributed by atoms with van der Waals surface area (Å²) in [5, 5.41) is 24.1. The van der Waals surface area contributed by atoms with Crippen molar-refractivity contribution in [2.45, 2.75) is 24.8 Å². The number of benzene rings is 2. The van der Waals surface area contributed by atoms with E-state index in [1.54, 1.807) is 63.4 Å². The van der Waals surface area contributed by atoms with Crippen molar-refractivity contribution in [2.24, 2.45) is 5.41 Å². The molecule has 0 aliphatic carbocycles. The molecule has 10 heteroatoms. The fraction of sp³-hybridized carbons (Fsp3) is 0.308. The molecule has 0 unspecified atom stereocenters. The Morgan fingerprint density at radius 2 is 1.78 bits per heavy atom. The number of esters is 1. The van der Waals surface area contributed by atoms with Crippen molar-refractivity contribution in [2.75, 3.05) is 30.0 Å². The van der Waals surface area contributed by atoms with Crippen molar-refractivity contribution in [3.05, 3.63) is 59.2 Å². The van der Waals surface area contributed by atoms with Crippen molar-refractivity contribution in [1.82, 2.24) is 5.32 Å². The number of ether oxygens (including phenoxy) is 1. The van der Waals surface area contributed by atoms with Gasteiger partial charge in [-0.2, -0.15) is 10.5 Å². The molecule has 2 aromatic carbocycles. The van der Waals surface area contributed by atoms with E-state index in [1.165, 1.54) is 9.80 Å². The lowest BCUT2D eigenvalue weighted by Gasteiger charge is -2.41. The second-order valence-corrected chi connectivity index (χ2v) is 9.43. The van der Waals surface area contributed by atoms with Gasteiger partial charge in [-0.1, -0.05) is 48.1 Å². The van der Waals surface area contributed by atoms with Crippen molar-refractivity contribution < 1.29 is 19.1 Å². The molecule has 2 spiro atoms. The number of carbonyl (C=O) groups is 3. The van der Waals surface area contributed by atoms with Gasteiger partial charge < -0.3 is 15.0 Å². The predicted molar refractivity (Wildman–Crippen MR) is 133 cm³/mol. The van der Waals surface area contributed by atoms with Crippen LogP contribution < -0.4 is 15.1 Å². The first-order valence-electron chi connectivity index (χ1n) is 11.3. The van der Waals surface area contributed by atoms with Gasteiger partial charge in [0.2, 0.25) is 11.3 Å². The maximum Gasteiger partial charge on any atom is 0.326 e. The van der Waals surface area contributed by atoms with Crippen LogP contribution in [0.5, 0.6) is 0 Å². The molecule has 0 saturated carbocycles. The van der Waals surface area contributed by atoms with Crippen molar-refractivity contribution in [3.8, 4) is 12.1 Å². The first kappa shape index (κ1) is 23.5. The molecular weight excluding hydrogens is 478 g/mol. The first-order valence-corrected chi connectivity index (χ1v) is 11.7. The Kier molecular flexibility index (Phi) is 4.96. The number of anilines is 2. The molecule has 2 aromatic rings. The molecule has 36 heavy (non-hydrogen) atoms. The number of rotatable bonds is 3. The second kappa shape index (κ2) is 7.61. The lowest BCUT2D eigenvalue weighted by molar-refractivity contribution is -0.143. The maximum absolute atomic E-state index is 14.7. The zero-order chi connectivity index (χ0) is 26.0. The Morgan fingerprint density at radius 3 is 2.44 bits per heavy atom. The molecule has 5 rings (SSSR count). The highest BCUT2D eigenvalue weighted by atomic mass is 32.1. The van der Waals surface area contributed by atoms with Crippen LogP contribution >= 0.6 is 12.2 Å². The number of para-hydroxylation sites is 1. The Hall–Kier alpha value is -4.28. The number of hydrogen-bond donors (Lipinski definition) is 1. The van der Waals surface area contributed by atoms with E-state index in [-0.39, 0.29) is 17.2 Å². The van der Waals surface area contributed by atoms with E-state index in [0.717, 1.165) is 5.56 Å². The van der Waals surface area contributed by atoms with Crippen LogP contribution in [0.4, 0.5) is 11.4 Å². The molecule has 3 aliphatic heterocycles. The van der Waals surface area contributed by atoms with Crippen LogP contribution in [0.25, 0.3) is 0 Å². The fourth-order valence-corrected chi connectivity index (χ4v) is 6.37. The Balaban J connectivity index is 1.94. The molecule has 0 bridgehead atoms. The highest BCUT2D eigenvalue weighted by Crippen LogP contribution is 2.67. The molecule has 2 atom stereocenters. The molecule has 9 nitrogen and oxygen atoms in total. The van der Waals surface area contributed by atoms with E-state index in [1.807, 2.05) is 12.1 Å². The van der Waals surface area contributed by atoms with Gasteiger partial charge in [-0.05, 0) is 31.5 Å². The summed E-state index contributed by atoms with van der Waals surface area (Å²) in [6.07, 6.45) is 0. The number of thiocarbonyl (C=S) groups is 1. The Bertz CT molecular complexity index is 1460. The fourth-order valence-electron chi connectivity index (χ4n) is 5.98. The normalized spacial score (nSPS) is 25.0. The number of nitrogens with one attached hydrogen (secondary N) is 1. The smallest absolute Gasteiger partial charge is 0.326 e. The average molecular weight is 500 g/mol. The van der Waals surface area contributed by atoms with Gasteiger partial charge in [0.25, 0.3) is 5.91 Å². The van der Waals surface area contributed by atoms with Crippen LogP contribution in [-0.2, 0) is 30.1 Å². The third kappa shape index (κ3) is 2.37. The van der Waals surface area contributed by atoms with E-state index in [4.69, 9.17) is 17.0 Å². The highest BCUT2D eigenvalue weighted by molar-refractivity contribution is 7.80. The number of amides is 2. The number of hydrogen-bond acceptors (Lipinski definition) is 7. The molecule has 2 amide bonds. The Labute approximate surface area is 212 Å². The lowest BCUT2D eigenvalue weighted by atomic mass is 9.53. The summed E-state index contributed by atoms with van der Waals surface area (Å²) in [6, 6.07) is 16.0. The van der Waals surface area contributed by atoms with Gasteiger partial charge in [0.05, 0.1) is 18.7 Å². The number of nitriles is 2. The highest BCUT2D eigenvalue weighted by Gasteiger charge is 2.84. The molecule has 1 fully saturated rings. The van der Waals surface area contributed by atoms with E-state index in [9.17, 15) is 24.9 Å². The summed E-state index contributed by atoms with van der Waals surface area (Å²) in [5.74, 6) is -1.94. The van der Waals surface area contributed by atoms with Crippen molar-refractivity contribution in [3.63, 3.8) is 0 Å². The first-order chi connectivity index (χ1) is 17.2. The van der Waals surface area contributed by atoms with Crippen LogP contribution in [0.1, 0.15) is 23.6 Å². The summed E-state index contributed by atoms with van der Waals surface area (Å²) in [4.78, 5) is 43.8. The van der Waals surface area contributed by atoms with Gasteiger partial charge in [0.1, 0.15) is 11.5 Å². The molecule has 180 valence electrons. The summed E-state index contributed by atoms with van der Waals surface area (Å²) in [5.41, 5.74) is -3.94. The maximum atomic E-state index is 14.7. The predicted octanol–water partition coefficient (Wildman–Crippen LogP) is 1.98. The summed E-state index contributed by atoms with van der Waals surface area (Å²) >= 11 is 5.58. The van der Waals surface area contributed by atoms with Crippen LogP contribution in [0.15, 0.2) is 42.5 Å². The quantitative estimate of drug-likeness (QED) is 0.502. The third-order valence-corrected chi connectivity index (χ3v) is 7.81. The summed E-state index contributed by atoms with van der Waals surface area (Å²) in [6.45, 7) is 3.11. The third-order valence-electron chi connectivity index (χ3n) is 7.40. The van der Waals surface area contributed by atoms with E-state index in [2.05, 4.69) is 5.32 Å². The van der Waals surface area contributed by atoms with E-state index in [0.29, 0.717) is 16.9 Å². The summed E-state index contributed by atoms with van der Waals surface area (Å²) < 4.78 is 5.10. The molecular formula is C26H21N5O4S. The Morgan fingerprint density at radius 1 is 1.08 bits per heavy atom. The van der Waals surface area contributed by atoms with Crippen LogP contribution in [0.3, 0.4) is 0 Å². The van der Waals surface area contributed by atoms with E-state index < -0.39 is 40.7 Å². The van der Waals surface area contributed by atoms with Gasteiger partial charge in [0, 0.05) is 24.0 Å². The largest absolute Gasteiger partial charge is 0.465 e.